The van der Waals surface area contributed by atoms with Gasteiger partial charge < -0.3 is 0 Å². The fraction of sp³-hybridized carbons (Fsp3) is 0.158. The molecule has 2 aromatic carbocycles. The number of hydrogen-bond acceptors (Lipinski definition) is 2. The number of amides is 2. The van der Waals surface area contributed by atoms with Crippen LogP contribution < -0.4 is 0 Å². The highest BCUT2D eigenvalue weighted by molar-refractivity contribution is 6.55. The Labute approximate surface area is 144 Å². The second kappa shape index (κ2) is 6.21. The standard InChI is InChI=1S/C19H15ClFNO2/c1-11-7-8-13(9-12(11)2)16-17(20)19(24)22(18(16)23)10-14-5-3-4-6-15(14)21/h3-9H,10H2,1-2H3. The van der Waals surface area contributed by atoms with Crippen LogP contribution in [0.15, 0.2) is 47.5 Å². The second-order valence-corrected chi connectivity index (χ2v) is 6.15. The number of halogens is 2. The van der Waals surface area contributed by atoms with Crippen molar-refractivity contribution in [2.75, 3.05) is 0 Å². The summed E-state index contributed by atoms with van der Waals surface area (Å²) in [6.45, 7) is 3.74. The molecule has 3 rings (SSSR count). The van der Waals surface area contributed by atoms with Gasteiger partial charge in [0, 0.05) is 5.56 Å². The summed E-state index contributed by atoms with van der Waals surface area (Å²) in [5.74, 6) is -1.57. The molecule has 0 atom stereocenters. The SMILES string of the molecule is Cc1ccc(C2=C(Cl)C(=O)N(Cc3ccccc3F)C2=O)cc1C. The smallest absolute Gasteiger partial charge is 0.269 e. The molecule has 0 aromatic heterocycles. The molecule has 24 heavy (non-hydrogen) atoms. The molecule has 1 aliphatic rings. The zero-order valence-electron chi connectivity index (χ0n) is 13.3. The number of benzene rings is 2. The monoisotopic (exact) mass is 343 g/mol. The first-order chi connectivity index (χ1) is 11.4. The van der Waals surface area contributed by atoms with Crippen LogP contribution >= 0.6 is 11.6 Å². The van der Waals surface area contributed by atoms with E-state index in [2.05, 4.69) is 0 Å². The normalized spacial score (nSPS) is 14.8. The number of rotatable bonds is 3. The predicted molar refractivity (Wildman–Crippen MR) is 90.6 cm³/mol. The van der Waals surface area contributed by atoms with Gasteiger partial charge in [0.05, 0.1) is 12.1 Å². The van der Waals surface area contributed by atoms with E-state index in [0.717, 1.165) is 16.0 Å². The summed E-state index contributed by atoms with van der Waals surface area (Å²) in [5, 5.41) is -0.125. The van der Waals surface area contributed by atoms with E-state index in [4.69, 9.17) is 11.6 Å². The summed E-state index contributed by atoms with van der Waals surface area (Å²) in [7, 11) is 0. The second-order valence-electron chi connectivity index (χ2n) is 5.78. The third-order valence-electron chi connectivity index (χ3n) is 4.19. The van der Waals surface area contributed by atoms with Crippen molar-refractivity contribution in [1.82, 2.24) is 4.90 Å². The highest BCUT2D eigenvalue weighted by Gasteiger charge is 2.38. The fourth-order valence-electron chi connectivity index (χ4n) is 2.63. The van der Waals surface area contributed by atoms with Gasteiger partial charge in [-0.15, -0.1) is 0 Å². The zero-order valence-corrected chi connectivity index (χ0v) is 14.0. The molecule has 0 saturated carbocycles. The summed E-state index contributed by atoms with van der Waals surface area (Å²) < 4.78 is 13.8. The summed E-state index contributed by atoms with van der Waals surface area (Å²) in [6, 6.07) is 11.5. The van der Waals surface area contributed by atoms with Crippen LogP contribution in [0.2, 0.25) is 0 Å². The molecule has 2 aromatic rings. The maximum absolute atomic E-state index is 13.8. The van der Waals surface area contributed by atoms with Crippen LogP contribution in [0.25, 0.3) is 5.57 Å². The minimum Gasteiger partial charge on any atom is -0.269 e. The lowest BCUT2D eigenvalue weighted by Crippen LogP contribution is -2.31. The maximum atomic E-state index is 13.8. The Morgan fingerprint density at radius 3 is 2.38 bits per heavy atom. The molecule has 0 bridgehead atoms. The molecule has 5 heteroatoms. The zero-order chi connectivity index (χ0) is 17.4. The lowest BCUT2D eigenvalue weighted by atomic mass is 10.0. The predicted octanol–water partition coefficient (Wildman–Crippen LogP) is 3.96. The van der Waals surface area contributed by atoms with Crippen LogP contribution in [0, 0.1) is 19.7 Å². The van der Waals surface area contributed by atoms with Crippen LogP contribution in [0.3, 0.4) is 0 Å². The van der Waals surface area contributed by atoms with Crippen molar-refractivity contribution in [3.63, 3.8) is 0 Å². The first-order valence-corrected chi connectivity index (χ1v) is 7.85. The first-order valence-electron chi connectivity index (χ1n) is 7.47. The third kappa shape index (κ3) is 2.74. The van der Waals surface area contributed by atoms with Crippen LogP contribution in [-0.4, -0.2) is 16.7 Å². The fourth-order valence-corrected chi connectivity index (χ4v) is 2.93. The number of nitrogens with zero attached hydrogens (tertiary/aromatic N) is 1. The number of carbonyl (C=O) groups is 2. The van der Waals surface area contributed by atoms with Gasteiger partial charge in [-0.05, 0) is 36.6 Å². The van der Waals surface area contributed by atoms with E-state index in [1.165, 1.54) is 12.1 Å². The summed E-state index contributed by atoms with van der Waals surface area (Å²) in [4.78, 5) is 26.0. The average molecular weight is 344 g/mol. The van der Waals surface area contributed by atoms with Crippen molar-refractivity contribution in [1.29, 1.82) is 0 Å². The molecular weight excluding hydrogens is 329 g/mol. The average Bonchev–Trinajstić information content (AvgIpc) is 2.76. The van der Waals surface area contributed by atoms with Gasteiger partial charge in [0.15, 0.2) is 0 Å². The van der Waals surface area contributed by atoms with Crippen LogP contribution in [0.1, 0.15) is 22.3 Å². The molecule has 0 unspecified atom stereocenters. The lowest BCUT2D eigenvalue weighted by molar-refractivity contribution is -0.137. The van der Waals surface area contributed by atoms with E-state index >= 15 is 0 Å². The molecule has 2 amide bonds. The van der Waals surface area contributed by atoms with Crippen molar-refractivity contribution >= 4 is 29.0 Å². The molecule has 0 saturated heterocycles. The van der Waals surface area contributed by atoms with E-state index in [9.17, 15) is 14.0 Å². The molecule has 122 valence electrons. The van der Waals surface area contributed by atoms with Gasteiger partial charge in [-0.1, -0.05) is 48.0 Å². The highest BCUT2D eigenvalue weighted by atomic mass is 35.5. The van der Waals surface area contributed by atoms with E-state index in [0.29, 0.717) is 5.56 Å². The summed E-state index contributed by atoms with van der Waals surface area (Å²) in [5.41, 5.74) is 3.11. The maximum Gasteiger partial charge on any atom is 0.273 e. The van der Waals surface area contributed by atoms with Crippen molar-refractivity contribution in [3.05, 3.63) is 75.6 Å². The van der Waals surface area contributed by atoms with Gasteiger partial charge in [-0.3, -0.25) is 14.5 Å². The minimum absolute atomic E-state index is 0.125. The number of aryl methyl sites for hydroxylation is 2. The van der Waals surface area contributed by atoms with E-state index in [-0.39, 0.29) is 22.7 Å². The Kier molecular flexibility index (Phi) is 4.24. The van der Waals surface area contributed by atoms with E-state index in [1.54, 1.807) is 18.2 Å². The summed E-state index contributed by atoms with van der Waals surface area (Å²) in [6.07, 6.45) is 0. The number of hydrogen-bond donors (Lipinski definition) is 0. The van der Waals surface area contributed by atoms with Gasteiger partial charge in [0.2, 0.25) is 0 Å². The topological polar surface area (TPSA) is 37.4 Å². The number of imide groups is 1. The molecule has 0 spiro atoms. The summed E-state index contributed by atoms with van der Waals surface area (Å²) >= 11 is 6.12. The Morgan fingerprint density at radius 1 is 1.00 bits per heavy atom. The molecule has 0 radical (unpaired) electrons. The Morgan fingerprint density at radius 2 is 1.71 bits per heavy atom. The lowest BCUT2D eigenvalue weighted by Gasteiger charge is -2.15. The van der Waals surface area contributed by atoms with Gasteiger partial charge in [0.1, 0.15) is 10.8 Å². The molecular formula is C19H15ClFNO2. The van der Waals surface area contributed by atoms with Gasteiger partial charge in [-0.25, -0.2) is 4.39 Å². The van der Waals surface area contributed by atoms with Crippen LogP contribution in [0.4, 0.5) is 4.39 Å². The van der Waals surface area contributed by atoms with Crippen molar-refractivity contribution in [2.45, 2.75) is 20.4 Å². The van der Waals surface area contributed by atoms with Crippen molar-refractivity contribution in [3.8, 4) is 0 Å². The Hall–Kier alpha value is -2.46. The van der Waals surface area contributed by atoms with E-state index in [1.807, 2.05) is 26.0 Å². The third-order valence-corrected chi connectivity index (χ3v) is 4.54. The highest BCUT2D eigenvalue weighted by Crippen LogP contribution is 2.33. The molecule has 0 fully saturated rings. The van der Waals surface area contributed by atoms with E-state index < -0.39 is 17.6 Å². The number of carbonyl (C=O) groups excluding carboxylic acids is 2. The van der Waals surface area contributed by atoms with Gasteiger partial charge >= 0.3 is 0 Å². The molecule has 0 N–H and O–H groups in total. The molecule has 3 nitrogen and oxygen atoms in total. The first kappa shape index (κ1) is 16.4. The van der Waals surface area contributed by atoms with Gasteiger partial charge in [-0.2, -0.15) is 0 Å². The quantitative estimate of drug-likeness (QED) is 0.791. The molecule has 1 aliphatic heterocycles. The molecule has 1 heterocycles. The minimum atomic E-state index is -0.599. The largest absolute Gasteiger partial charge is 0.273 e. The molecule has 0 aliphatic carbocycles. The Balaban J connectivity index is 1.96. The Bertz CT molecular complexity index is 889. The van der Waals surface area contributed by atoms with Crippen molar-refractivity contribution < 1.29 is 14.0 Å². The van der Waals surface area contributed by atoms with Gasteiger partial charge in [0.25, 0.3) is 11.8 Å². The van der Waals surface area contributed by atoms with Crippen molar-refractivity contribution in [2.24, 2.45) is 0 Å². The van der Waals surface area contributed by atoms with Crippen LogP contribution in [-0.2, 0) is 16.1 Å². The van der Waals surface area contributed by atoms with Crippen LogP contribution in [0.5, 0.6) is 0 Å².